The molecule has 0 N–H and O–H groups in total. The minimum atomic E-state index is -0.346. The Balaban J connectivity index is 2.98. The van der Waals surface area contributed by atoms with E-state index in [4.69, 9.17) is 0 Å². The molecule has 12 heavy (non-hydrogen) atoms. The van der Waals surface area contributed by atoms with Gasteiger partial charge < -0.3 is 0 Å². The first-order valence-corrected chi connectivity index (χ1v) is 4.28. The van der Waals surface area contributed by atoms with Gasteiger partial charge in [-0.05, 0) is 40.5 Å². The molecule has 2 aromatic heterocycles. The van der Waals surface area contributed by atoms with Crippen LogP contribution < -0.4 is 0 Å². The van der Waals surface area contributed by atoms with Gasteiger partial charge in [-0.15, -0.1) is 0 Å². The maximum absolute atomic E-state index is 13.1. The summed E-state index contributed by atoms with van der Waals surface area (Å²) < 4.78 is 15.2. The van der Waals surface area contributed by atoms with Gasteiger partial charge in [0.1, 0.15) is 0 Å². The molecule has 0 aliphatic heterocycles. The molecule has 0 atom stereocenters. The van der Waals surface area contributed by atoms with Gasteiger partial charge >= 0.3 is 0 Å². The number of nitrogens with zero attached hydrogens (tertiary/aromatic N) is 2. The normalized spacial score (nSPS) is 10.9. The topological polar surface area (TPSA) is 17.3 Å². The third-order valence-electron chi connectivity index (χ3n) is 1.75. The highest BCUT2D eigenvalue weighted by molar-refractivity contribution is 9.10. The first kappa shape index (κ1) is 7.73. The molecule has 0 fully saturated rings. The average molecular weight is 229 g/mol. The Kier molecular flexibility index (Phi) is 1.65. The summed E-state index contributed by atoms with van der Waals surface area (Å²) in [5.74, 6) is -0.346. The Morgan fingerprint density at radius 3 is 2.92 bits per heavy atom. The number of pyridine rings is 1. The van der Waals surface area contributed by atoms with Crippen molar-refractivity contribution < 1.29 is 4.39 Å². The second kappa shape index (κ2) is 2.55. The van der Waals surface area contributed by atoms with Crippen molar-refractivity contribution in [2.45, 2.75) is 6.92 Å². The van der Waals surface area contributed by atoms with Crippen molar-refractivity contribution in [2.24, 2.45) is 0 Å². The summed E-state index contributed by atoms with van der Waals surface area (Å²) >= 11 is 3.33. The van der Waals surface area contributed by atoms with Crippen LogP contribution in [0.5, 0.6) is 0 Å². The number of hydrogen-bond acceptors (Lipinski definition) is 1. The van der Waals surface area contributed by atoms with Crippen molar-refractivity contribution in [1.29, 1.82) is 0 Å². The highest BCUT2D eigenvalue weighted by Crippen LogP contribution is 2.21. The lowest BCUT2D eigenvalue weighted by molar-refractivity contribution is 0.544. The molecule has 2 nitrogen and oxygen atoms in total. The van der Waals surface area contributed by atoms with Crippen LogP contribution in [0.25, 0.3) is 5.52 Å². The molecule has 2 aromatic rings. The molecule has 0 bridgehead atoms. The number of halogens is 2. The quantitative estimate of drug-likeness (QED) is 0.634. The summed E-state index contributed by atoms with van der Waals surface area (Å²) in [7, 11) is 0. The molecule has 0 aromatic carbocycles. The van der Waals surface area contributed by atoms with Crippen molar-refractivity contribution >= 4 is 21.4 Å². The van der Waals surface area contributed by atoms with E-state index >= 15 is 0 Å². The van der Waals surface area contributed by atoms with Crippen LogP contribution in [0, 0.1) is 12.9 Å². The highest BCUT2D eigenvalue weighted by Gasteiger charge is 2.06. The molecule has 2 heterocycles. The Morgan fingerprint density at radius 1 is 1.50 bits per heavy atom. The minimum Gasteiger partial charge on any atom is -0.205 e. The van der Waals surface area contributed by atoms with Gasteiger partial charge in [0.2, 0.25) is 5.95 Å². The lowest BCUT2D eigenvalue weighted by Gasteiger charge is -1.97. The molecular formula is C8H6BrFN2. The molecule has 4 heteroatoms. The molecule has 0 aliphatic carbocycles. The van der Waals surface area contributed by atoms with Gasteiger partial charge in [0.05, 0.1) is 11.7 Å². The summed E-state index contributed by atoms with van der Waals surface area (Å²) in [5, 5.41) is 3.89. The van der Waals surface area contributed by atoms with E-state index in [1.54, 1.807) is 12.3 Å². The fourth-order valence-corrected chi connectivity index (χ4v) is 1.79. The zero-order valence-electron chi connectivity index (χ0n) is 6.38. The first-order valence-electron chi connectivity index (χ1n) is 3.48. The summed E-state index contributed by atoms with van der Waals surface area (Å²) in [5.41, 5.74) is 1.75. The molecule has 2 rings (SSSR count). The Morgan fingerprint density at radius 2 is 2.25 bits per heavy atom. The van der Waals surface area contributed by atoms with Crippen LogP contribution in [-0.2, 0) is 0 Å². The van der Waals surface area contributed by atoms with E-state index in [-0.39, 0.29) is 5.95 Å². The third-order valence-corrected chi connectivity index (χ3v) is 2.39. The zero-order valence-corrected chi connectivity index (χ0v) is 7.97. The number of rotatable bonds is 0. The Bertz CT molecular complexity index is 436. The molecule has 62 valence electrons. The van der Waals surface area contributed by atoms with Gasteiger partial charge in [-0.3, -0.25) is 0 Å². The predicted molar refractivity (Wildman–Crippen MR) is 47.6 cm³/mol. The fraction of sp³-hybridized carbons (Fsp3) is 0.125. The van der Waals surface area contributed by atoms with Gasteiger partial charge in [0, 0.05) is 4.47 Å². The van der Waals surface area contributed by atoms with Gasteiger partial charge in [0.15, 0.2) is 0 Å². The maximum atomic E-state index is 13.1. The standard InChI is InChI=1S/C8H6BrFN2/c1-5-4-11-12-7(10)3-2-6(9)8(5)12/h2-4H,1H3. The molecule has 0 spiro atoms. The predicted octanol–water partition coefficient (Wildman–Crippen LogP) is 2.54. The summed E-state index contributed by atoms with van der Waals surface area (Å²) in [6.07, 6.45) is 1.64. The van der Waals surface area contributed by atoms with Crippen LogP contribution >= 0.6 is 15.9 Å². The second-order valence-electron chi connectivity index (χ2n) is 2.59. The Labute approximate surface area is 77.1 Å². The molecule has 0 saturated carbocycles. The van der Waals surface area contributed by atoms with Crippen LogP contribution in [0.2, 0.25) is 0 Å². The molecule has 0 radical (unpaired) electrons. The van der Waals surface area contributed by atoms with E-state index in [0.29, 0.717) is 0 Å². The van der Waals surface area contributed by atoms with Gasteiger partial charge in [-0.2, -0.15) is 9.49 Å². The van der Waals surface area contributed by atoms with E-state index in [1.165, 1.54) is 10.6 Å². The second-order valence-corrected chi connectivity index (χ2v) is 3.45. The van der Waals surface area contributed by atoms with Crippen molar-refractivity contribution in [2.75, 3.05) is 0 Å². The van der Waals surface area contributed by atoms with Crippen molar-refractivity contribution in [3.63, 3.8) is 0 Å². The van der Waals surface area contributed by atoms with Gasteiger partial charge in [-0.1, -0.05) is 0 Å². The first-order chi connectivity index (χ1) is 5.70. The zero-order chi connectivity index (χ0) is 8.72. The lowest BCUT2D eigenvalue weighted by atomic mass is 10.3. The van der Waals surface area contributed by atoms with Gasteiger partial charge in [0.25, 0.3) is 0 Å². The molecular weight excluding hydrogens is 223 g/mol. The molecule has 0 unspecified atom stereocenters. The summed E-state index contributed by atoms with van der Waals surface area (Å²) in [4.78, 5) is 0. The number of aryl methyl sites for hydroxylation is 1. The maximum Gasteiger partial charge on any atom is 0.214 e. The van der Waals surface area contributed by atoms with Crippen LogP contribution in [0.1, 0.15) is 5.56 Å². The summed E-state index contributed by atoms with van der Waals surface area (Å²) in [6.45, 7) is 1.90. The van der Waals surface area contributed by atoms with Crippen molar-refractivity contribution in [1.82, 2.24) is 9.61 Å². The van der Waals surface area contributed by atoms with E-state index in [1.807, 2.05) is 6.92 Å². The van der Waals surface area contributed by atoms with Crippen LogP contribution in [0.4, 0.5) is 4.39 Å². The summed E-state index contributed by atoms with van der Waals surface area (Å²) in [6, 6.07) is 3.06. The molecule has 0 aliphatic rings. The average Bonchev–Trinajstić information content (AvgIpc) is 2.42. The lowest BCUT2D eigenvalue weighted by Crippen LogP contribution is -1.93. The van der Waals surface area contributed by atoms with Crippen molar-refractivity contribution in [3.05, 3.63) is 34.3 Å². The van der Waals surface area contributed by atoms with Crippen molar-refractivity contribution in [3.8, 4) is 0 Å². The largest absolute Gasteiger partial charge is 0.214 e. The van der Waals surface area contributed by atoms with Crippen LogP contribution in [0.15, 0.2) is 22.8 Å². The van der Waals surface area contributed by atoms with E-state index < -0.39 is 0 Å². The van der Waals surface area contributed by atoms with Crippen LogP contribution in [0.3, 0.4) is 0 Å². The third kappa shape index (κ3) is 0.948. The van der Waals surface area contributed by atoms with Gasteiger partial charge in [-0.25, -0.2) is 4.52 Å². The minimum absolute atomic E-state index is 0.346. The highest BCUT2D eigenvalue weighted by atomic mass is 79.9. The monoisotopic (exact) mass is 228 g/mol. The van der Waals surface area contributed by atoms with Crippen LogP contribution in [-0.4, -0.2) is 9.61 Å². The van der Waals surface area contributed by atoms with E-state index in [2.05, 4.69) is 21.0 Å². The number of hydrogen-bond donors (Lipinski definition) is 0. The fourth-order valence-electron chi connectivity index (χ4n) is 1.17. The number of aromatic nitrogens is 2. The van der Waals surface area contributed by atoms with E-state index in [9.17, 15) is 4.39 Å². The molecule has 0 saturated heterocycles. The SMILES string of the molecule is Cc1cnn2c(F)ccc(Br)c12. The smallest absolute Gasteiger partial charge is 0.205 e. The molecule has 0 amide bonds. The Hall–Kier alpha value is -0.900. The van der Waals surface area contributed by atoms with E-state index in [0.717, 1.165) is 15.6 Å². The number of fused-ring (bicyclic) bond motifs is 1.